The summed E-state index contributed by atoms with van der Waals surface area (Å²) >= 11 is 2.61. The third-order valence-corrected chi connectivity index (χ3v) is 5.32. The number of nitrogens with two attached hydrogens (primary N) is 1. The molecule has 0 amide bonds. The second-order valence-electron chi connectivity index (χ2n) is 3.22. The summed E-state index contributed by atoms with van der Waals surface area (Å²) in [7, 11) is -2.11. The van der Waals surface area contributed by atoms with E-state index in [2.05, 4.69) is 14.1 Å². The molecule has 2 rings (SSSR count). The number of nitrogens with one attached hydrogen (secondary N) is 1. The van der Waals surface area contributed by atoms with E-state index in [4.69, 9.17) is 5.73 Å². The number of benzene rings is 1. The van der Waals surface area contributed by atoms with Crippen LogP contribution in [0.15, 0.2) is 38.7 Å². The first kappa shape index (κ1) is 13.3. The van der Waals surface area contributed by atoms with Crippen LogP contribution in [0.3, 0.4) is 0 Å². The number of nitrogen functional groups attached to an aromatic ring is 1. The highest BCUT2D eigenvalue weighted by Gasteiger charge is 2.13. The molecule has 18 heavy (non-hydrogen) atoms. The van der Waals surface area contributed by atoms with Crippen LogP contribution in [0.1, 0.15) is 0 Å². The molecular formula is C9H10N4O2S3. The predicted octanol–water partition coefficient (Wildman–Crippen LogP) is 1.18. The molecule has 1 aromatic heterocycles. The van der Waals surface area contributed by atoms with Gasteiger partial charge in [0.05, 0.1) is 4.90 Å². The Morgan fingerprint density at radius 2 is 2.22 bits per heavy atom. The Kier molecular flexibility index (Phi) is 3.85. The molecule has 0 bridgehead atoms. The van der Waals surface area contributed by atoms with Gasteiger partial charge in [-0.05, 0) is 36.8 Å². The minimum atomic E-state index is -3.46. The summed E-state index contributed by atoms with van der Waals surface area (Å²) in [6, 6.07) is 4.59. The van der Waals surface area contributed by atoms with Crippen LogP contribution in [0.25, 0.3) is 0 Å². The van der Waals surface area contributed by atoms with Gasteiger partial charge in [-0.25, -0.2) is 18.1 Å². The molecule has 6 nitrogen and oxygen atoms in total. The lowest BCUT2D eigenvalue weighted by Gasteiger charge is -2.06. The highest BCUT2D eigenvalue weighted by molar-refractivity contribution is 8.01. The summed E-state index contributed by atoms with van der Waals surface area (Å²) in [4.78, 5) is 4.92. The molecule has 0 fully saturated rings. The minimum Gasteiger partial charge on any atom is -0.398 e. The quantitative estimate of drug-likeness (QED) is 0.823. The maximum atomic E-state index is 11.6. The third-order valence-electron chi connectivity index (χ3n) is 2.10. The smallest absolute Gasteiger partial charge is 0.240 e. The van der Waals surface area contributed by atoms with Gasteiger partial charge >= 0.3 is 0 Å². The monoisotopic (exact) mass is 302 g/mol. The number of rotatable bonds is 4. The maximum Gasteiger partial charge on any atom is 0.240 e. The molecule has 0 radical (unpaired) electrons. The molecule has 0 atom stereocenters. The number of sulfonamides is 1. The number of hydrogen-bond donors (Lipinski definition) is 2. The fraction of sp³-hybridized carbons (Fsp3) is 0.111. The molecule has 2 aromatic rings. The van der Waals surface area contributed by atoms with Crippen LogP contribution in [0, 0.1) is 0 Å². The third kappa shape index (κ3) is 2.80. The van der Waals surface area contributed by atoms with Crippen molar-refractivity contribution in [3.63, 3.8) is 0 Å². The predicted molar refractivity (Wildman–Crippen MR) is 71.1 cm³/mol. The van der Waals surface area contributed by atoms with Crippen molar-refractivity contribution in [1.29, 1.82) is 0 Å². The van der Waals surface area contributed by atoms with Crippen LogP contribution in [-0.2, 0) is 10.0 Å². The van der Waals surface area contributed by atoms with Gasteiger partial charge < -0.3 is 5.73 Å². The minimum absolute atomic E-state index is 0.143. The van der Waals surface area contributed by atoms with Crippen LogP contribution in [0.5, 0.6) is 0 Å². The standard InChI is InChI=1S/C9H10N4O2S3/c1-11-18(14,15)6-2-3-8(7(10)4-6)16-9-12-5-13-17-9/h2-5,11H,10H2,1H3. The van der Waals surface area contributed by atoms with Gasteiger partial charge in [0.25, 0.3) is 0 Å². The normalized spacial score (nSPS) is 11.6. The molecule has 9 heteroatoms. The van der Waals surface area contributed by atoms with Crippen molar-refractivity contribution < 1.29 is 8.42 Å². The second-order valence-corrected chi connectivity index (χ2v) is 7.17. The van der Waals surface area contributed by atoms with E-state index < -0.39 is 10.0 Å². The summed E-state index contributed by atoms with van der Waals surface area (Å²) in [5.74, 6) is 0. The molecule has 0 unspecified atom stereocenters. The Bertz CT molecular complexity index is 640. The van der Waals surface area contributed by atoms with Crippen molar-refractivity contribution in [2.45, 2.75) is 14.1 Å². The number of nitrogens with zero attached hydrogens (tertiary/aromatic N) is 2. The molecule has 0 aliphatic heterocycles. The topological polar surface area (TPSA) is 98.0 Å². The molecule has 0 aliphatic rings. The van der Waals surface area contributed by atoms with Crippen LogP contribution in [0.4, 0.5) is 5.69 Å². The van der Waals surface area contributed by atoms with E-state index in [1.807, 2.05) is 0 Å². The van der Waals surface area contributed by atoms with Gasteiger partial charge in [-0.15, -0.1) is 0 Å². The molecule has 96 valence electrons. The molecular weight excluding hydrogens is 292 g/mol. The van der Waals surface area contributed by atoms with Crippen LogP contribution in [-0.4, -0.2) is 24.8 Å². The first-order valence-electron chi connectivity index (χ1n) is 4.80. The van der Waals surface area contributed by atoms with Gasteiger partial charge in [-0.3, -0.25) is 0 Å². The lowest BCUT2D eigenvalue weighted by Crippen LogP contribution is -2.18. The van der Waals surface area contributed by atoms with Crippen LogP contribution in [0.2, 0.25) is 0 Å². The molecule has 0 spiro atoms. The average molecular weight is 302 g/mol. The van der Waals surface area contributed by atoms with E-state index in [1.165, 1.54) is 48.8 Å². The highest BCUT2D eigenvalue weighted by Crippen LogP contribution is 2.33. The van der Waals surface area contributed by atoms with E-state index in [9.17, 15) is 8.42 Å². The molecule has 3 N–H and O–H groups in total. The van der Waals surface area contributed by atoms with Gasteiger partial charge in [0.1, 0.15) is 6.33 Å². The lowest BCUT2D eigenvalue weighted by molar-refractivity contribution is 0.588. The summed E-state index contributed by atoms with van der Waals surface area (Å²) in [6.07, 6.45) is 1.46. The first-order valence-corrected chi connectivity index (χ1v) is 7.88. The maximum absolute atomic E-state index is 11.6. The first-order chi connectivity index (χ1) is 8.53. The molecule has 0 saturated carbocycles. The number of hydrogen-bond acceptors (Lipinski definition) is 7. The zero-order valence-electron chi connectivity index (χ0n) is 9.32. The fourth-order valence-electron chi connectivity index (χ4n) is 1.21. The van der Waals surface area contributed by atoms with Crippen molar-refractivity contribution in [2.24, 2.45) is 0 Å². The Hall–Kier alpha value is -1.16. The average Bonchev–Trinajstić information content (AvgIpc) is 2.84. The van der Waals surface area contributed by atoms with Gasteiger partial charge in [0, 0.05) is 10.6 Å². The molecule has 0 aliphatic carbocycles. The van der Waals surface area contributed by atoms with E-state index in [-0.39, 0.29) is 4.90 Å². The van der Waals surface area contributed by atoms with Gasteiger partial charge in [-0.2, -0.15) is 4.37 Å². The van der Waals surface area contributed by atoms with Crippen molar-refractivity contribution in [3.8, 4) is 0 Å². The molecule has 1 aromatic carbocycles. The van der Waals surface area contributed by atoms with Crippen molar-refractivity contribution in [2.75, 3.05) is 12.8 Å². The summed E-state index contributed by atoms with van der Waals surface area (Å²) in [5, 5.41) is 0. The summed E-state index contributed by atoms with van der Waals surface area (Å²) < 4.78 is 30.1. The van der Waals surface area contributed by atoms with E-state index >= 15 is 0 Å². The van der Waals surface area contributed by atoms with Crippen LogP contribution < -0.4 is 10.5 Å². The van der Waals surface area contributed by atoms with Crippen molar-refractivity contribution in [3.05, 3.63) is 24.5 Å². The zero-order chi connectivity index (χ0) is 13.2. The lowest BCUT2D eigenvalue weighted by atomic mass is 10.3. The summed E-state index contributed by atoms with van der Waals surface area (Å²) in [6.45, 7) is 0. The second kappa shape index (κ2) is 5.22. The van der Waals surface area contributed by atoms with Gasteiger partial charge in [-0.1, -0.05) is 11.8 Å². The summed E-state index contributed by atoms with van der Waals surface area (Å²) in [5.41, 5.74) is 6.23. The number of aromatic nitrogens is 2. The zero-order valence-corrected chi connectivity index (χ0v) is 11.8. The SMILES string of the molecule is CNS(=O)(=O)c1ccc(Sc2ncns2)c(N)c1. The Morgan fingerprint density at radius 1 is 1.44 bits per heavy atom. The van der Waals surface area contributed by atoms with Gasteiger partial charge in [0.2, 0.25) is 10.0 Å². The van der Waals surface area contributed by atoms with E-state index in [0.717, 1.165) is 9.24 Å². The highest BCUT2D eigenvalue weighted by atomic mass is 32.2. The van der Waals surface area contributed by atoms with Crippen LogP contribution >= 0.6 is 23.3 Å². The Morgan fingerprint density at radius 3 is 2.78 bits per heavy atom. The van der Waals surface area contributed by atoms with E-state index in [1.54, 1.807) is 6.07 Å². The Balaban J connectivity index is 2.31. The largest absolute Gasteiger partial charge is 0.398 e. The fourth-order valence-corrected chi connectivity index (χ4v) is 3.40. The molecule has 1 heterocycles. The molecule has 0 saturated heterocycles. The van der Waals surface area contributed by atoms with E-state index in [0.29, 0.717) is 5.69 Å². The Labute approximate surface area is 113 Å². The van der Waals surface area contributed by atoms with Crippen molar-refractivity contribution in [1.82, 2.24) is 14.1 Å². The van der Waals surface area contributed by atoms with Gasteiger partial charge in [0.15, 0.2) is 4.34 Å². The number of anilines is 1. The van der Waals surface area contributed by atoms with Crippen molar-refractivity contribution >= 4 is 39.0 Å².